The van der Waals surface area contributed by atoms with Crippen LogP contribution in [0.4, 0.5) is 0 Å². The van der Waals surface area contributed by atoms with Crippen LogP contribution < -0.4 is 10.1 Å². The number of carboxylic acids is 1. The van der Waals surface area contributed by atoms with Gasteiger partial charge in [-0.1, -0.05) is 0 Å². The second kappa shape index (κ2) is 6.43. The lowest BCUT2D eigenvalue weighted by molar-refractivity contribution is -0.141. The molecular weight excluding hydrogens is 373 g/mol. The van der Waals surface area contributed by atoms with Gasteiger partial charge in [-0.05, 0) is 60.1 Å². The number of hydrogen-bond acceptors (Lipinski definition) is 3. The SMILES string of the molecule is COc1ccc(C(=O)N[C@@H]2CC[C@H](C(=O)O)C2)c(I)c1. The Bertz CT molecular complexity index is 532. The number of carbonyl (C=O) groups is 2. The fourth-order valence-electron chi connectivity index (χ4n) is 2.41. The summed E-state index contributed by atoms with van der Waals surface area (Å²) < 4.78 is 5.91. The molecule has 1 aliphatic carbocycles. The van der Waals surface area contributed by atoms with Crippen LogP contribution in [0.3, 0.4) is 0 Å². The maximum Gasteiger partial charge on any atom is 0.306 e. The van der Waals surface area contributed by atoms with Crippen molar-refractivity contribution in [3.8, 4) is 5.75 Å². The third kappa shape index (κ3) is 3.41. The molecule has 108 valence electrons. The molecule has 5 nitrogen and oxygen atoms in total. The normalized spacial score (nSPS) is 21.5. The molecule has 0 saturated heterocycles. The highest BCUT2D eigenvalue weighted by Gasteiger charge is 2.30. The number of nitrogens with one attached hydrogen (secondary N) is 1. The summed E-state index contributed by atoms with van der Waals surface area (Å²) in [5.41, 5.74) is 0.588. The first-order chi connectivity index (χ1) is 9.51. The van der Waals surface area contributed by atoms with Gasteiger partial charge in [0.25, 0.3) is 5.91 Å². The van der Waals surface area contributed by atoms with Crippen LogP contribution in [0.5, 0.6) is 5.75 Å². The summed E-state index contributed by atoms with van der Waals surface area (Å²) in [4.78, 5) is 23.1. The first-order valence-corrected chi connectivity index (χ1v) is 7.46. The summed E-state index contributed by atoms with van der Waals surface area (Å²) in [6, 6.07) is 5.21. The zero-order chi connectivity index (χ0) is 14.7. The number of amides is 1. The van der Waals surface area contributed by atoms with Gasteiger partial charge in [0.2, 0.25) is 0 Å². The Labute approximate surface area is 130 Å². The summed E-state index contributed by atoms with van der Waals surface area (Å²) >= 11 is 2.09. The van der Waals surface area contributed by atoms with Crippen molar-refractivity contribution in [1.29, 1.82) is 0 Å². The van der Waals surface area contributed by atoms with Gasteiger partial charge >= 0.3 is 5.97 Å². The molecule has 0 spiro atoms. The van der Waals surface area contributed by atoms with E-state index in [9.17, 15) is 9.59 Å². The Morgan fingerprint density at radius 2 is 2.15 bits per heavy atom. The number of carbonyl (C=O) groups excluding carboxylic acids is 1. The molecule has 20 heavy (non-hydrogen) atoms. The zero-order valence-corrected chi connectivity index (χ0v) is 13.2. The number of halogens is 1. The van der Waals surface area contributed by atoms with Gasteiger partial charge < -0.3 is 15.2 Å². The Hall–Kier alpha value is -1.31. The van der Waals surface area contributed by atoms with Crippen molar-refractivity contribution in [3.05, 3.63) is 27.3 Å². The van der Waals surface area contributed by atoms with Crippen molar-refractivity contribution >= 4 is 34.5 Å². The maximum atomic E-state index is 12.2. The Balaban J connectivity index is 2.01. The highest BCUT2D eigenvalue weighted by molar-refractivity contribution is 14.1. The molecule has 0 bridgehead atoms. The van der Waals surface area contributed by atoms with Crippen LogP contribution >= 0.6 is 22.6 Å². The van der Waals surface area contributed by atoms with Crippen LogP contribution in [0.1, 0.15) is 29.6 Å². The van der Waals surface area contributed by atoms with Crippen LogP contribution in [-0.4, -0.2) is 30.1 Å². The van der Waals surface area contributed by atoms with E-state index in [4.69, 9.17) is 9.84 Å². The second-order valence-electron chi connectivity index (χ2n) is 4.86. The van der Waals surface area contributed by atoms with Crippen molar-refractivity contribution in [2.24, 2.45) is 5.92 Å². The van der Waals surface area contributed by atoms with E-state index in [1.165, 1.54) is 0 Å². The summed E-state index contributed by atoms with van der Waals surface area (Å²) in [5, 5.41) is 11.9. The van der Waals surface area contributed by atoms with Gasteiger partial charge in [-0.25, -0.2) is 0 Å². The largest absolute Gasteiger partial charge is 0.497 e. The Morgan fingerprint density at radius 1 is 1.40 bits per heavy atom. The molecule has 0 heterocycles. The van der Waals surface area contributed by atoms with Gasteiger partial charge in [0, 0.05) is 9.61 Å². The van der Waals surface area contributed by atoms with Gasteiger partial charge in [-0.3, -0.25) is 9.59 Å². The molecule has 0 aliphatic heterocycles. The lowest BCUT2D eigenvalue weighted by atomic mass is 10.1. The van der Waals surface area contributed by atoms with Crippen LogP contribution in [0.25, 0.3) is 0 Å². The van der Waals surface area contributed by atoms with Crippen molar-refractivity contribution in [2.45, 2.75) is 25.3 Å². The summed E-state index contributed by atoms with van der Waals surface area (Å²) in [5.74, 6) is -0.568. The Kier molecular flexibility index (Phi) is 4.85. The van der Waals surface area contributed by atoms with E-state index in [0.717, 1.165) is 9.99 Å². The smallest absolute Gasteiger partial charge is 0.306 e. The average Bonchev–Trinajstić information content (AvgIpc) is 2.87. The number of methoxy groups -OCH3 is 1. The van der Waals surface area contributed by atoms with E-state index >= 15 is 0 Å². The summed E-state index contributed by atoms with van der Waals surface area (Å²) in [7, 11) is 1.58. The van der Waals surface area contributed by atoms with Crippen LogP contribution in [0.15, 0.2) is 18.2 Å². The molecule has 1 saturated carbocycles. The fourth-order valence-corrected chi connectivity index (χ4v) is 3.14. The monoisotopic (exact) mass is 389 g/mol. The molecule has 0 unspecified atom stereocenters. The molecule has 1 aliphatic rings. The number of benzene rings is 1. The zero-order valence-electron chi connectivity index (χ0n) is 11.1. The van der Waals surface area contributed by atoms with Crippen molar-refractivity contribution in [3.63, 3.8) is 0 Å². The minimum absolute atomic E-state index is 0.0542. The number of carboxylic acid groups (broad SMARTS) is 1. The minimum atomic E-state index is -0.777. The molecule has 1 amide bonds. The molecule has 0 aromatic heterocycles. The van der Waals surface area contributed by atoms with E-state index in [-0.39, 0.29) is 17.9 Å². The second-order valence-corrected chi connectivity index (χ2v) is 6.03. The summed E-state index contributed by atoms with van der Waals surface area (Å²) in [6.07, 6.45) is 1.85. The average molecular weight is 389 g/mol. The van der Waals surface area contributed by atoms with E-state index < -0.39 is 5.97 Å². The molecule has 1 aromatic rings. The van der Waals surface area contributed by atoms with Crippen molar-refractivity contribution in [1.82, 2.24) is 5.32 Å². The predicted molar refractivity (Wildman–Crippen MR) is 81.9 cm³/mol. The van der Waals surface area contributed by atoms with Gasteiger partial charge in [-0.15, -0.1) is 0 Å². The highest BCUT2D eigenvalue weighted by Crippen LogP contribution is 2.26. The number of rotatable bonds is 4. The van der Waals surface area contributed by atoms with Gasteiger partial charge in [0.15, 0.2) is 0 Å². The molecular formula is C14H16INO4. The Morgan fingerprint density at radius 3 is 2.70 bits per heavy atom. The predicted octanol–water partition coefficient (Wildman–Crippen LogP) is 2.28. The lowest BCUT2D eigenvalue weighted by Crippen LogP contribution is -2.33. The number of aliphatic carboxylic acids is 1. The van der Waals surface area contributed by atoms with Gasteiger partial charge in [-0.2, -0.15) is 0 Å². The quantitative estimate of drug-likeness (QED) is 0.775. The van der Waals surface area contributed by atoms with Crippen LogP contribution in [-0.2, 0) is 4.79 Å². The molecule has 2 atom stereocenters. The highest BCUT2D eigenvalue weighted by atomic mass is 127. The molecule has 1 aromatic carbocycles. The molecule has 2 N–H and O–H groups in total. The van der Waals surface area contributed by atoms with E-state index in [1.807, 2.05) is 0 Å². The van der Waals surface area contributed by atoms with Crippen LogP contribution in [0.2, 0.25) is 0 Å². The topological polar surface area (TPSA) is 75.6 Å². The molecule has 0 radical (unpaired) electrons. The van der Waals surface area contributed by atoms with Gasteiger partial charge in [0.1, 0.15) is 5.75 Å². The van der Waals surface area contributed by atoms with E-state index in [1.54, 1.807) is 25.3 Å². The van der Waals surface area contributed by atoms with Crippen LogP contribution in [0, 0.1) is 9.49 Å². The molecule has 2 rings (SSSR count). The third-order valence-corrected chi connectivity index (χ3v) is 4.43. The minimum Gasteiger partial charge on any atom is -0.497 e. The van der Waals surface area contributed by atoms with E-state index in [2.05, 4.69) is 27.9 Å². The third-order valence-electron chi connectivity index (χ3n) is 3.54. The first-order valence-electron chi connectivity index (χ1n) is 6.38. The number of hydrogen-bond donors (Lipinski definition) is 2. The van der Waals surface area contributed by atoms with Crippen molar-refractivity contribution < 1.29 is 19.4 Å². The van der Waals surface area contributed by atoms with E-state index in [0.29, 0.717) is 24.2 Å². The van der Waals surface area contributed by atoms with Gasteiger partial charge in [0.05, 0.1) is 18.6 Å². The lowest BCUT2D eigenvalue weighted by Gasteiger charge is -2.13. The molecule has 1 fully saturated rings. The fraction of sp³-hybridized carbons (Fsp3) is 0.429. The number of ether oxygens (including phenoxy) is 1. The maximum absolute atomic E-state index is 12.2. The molecule has 6 heteroatoms. The van der Waals surface area contributed by atoms with Crippen molar-refractivity contribution in [2.75, 3.05) is 7.11 Å². The summed E-state index contributed by atoms with van der Waals surface area (Å²) in [6.45, 7) is 0. The first kappa shape index (κ1) is 15.1. The standard InChI is InChI=1S/C14H16INO4/c1-20-10-4-5-11(12(15)7-10)13(17)16-9-3-2-8(6-9)14(18)19/h4-5,7-9H,2-3,6H2,1H3,(H,16,17)(H,18,19)/t8-,9+/m0/s1.